The molecule has 10 heteroatoms. The molecule has 0 saturated carbocycles. The highest BCUT2D eigenvalue weighted by Crippen LogP contribution is 2.30. The Morgan fingerprint density at radius 3 is 2.63 bits per heavy atom. The first-order valence-corrected chi connectivity index (χ1v) is 11.0. The highest BCUT2D eigenvalue weighted by atomic mass is 32.2. The highest BCUT2D eigenvalue weighted by Gasteiger charge is 2.21. The number of amides is 1. The Kier molecular flexibility index (Phi) is 5.61. The van der Waals surface area contributed by atoms with Crippen molar-refractivity contribution in [2.75, 3.05) is 26.5 Å². The van der Waals surface area contributed by atoms with Gasteiger partial charge in [-0.3, -0.25) is 4.79 Å². The predicted molar refractivity (Wildman–Crippen MR) is 107 cm³/mol. The normalized spacial score (nSPS) is 11.6. The highest BCUT2D eigenvalue weighted by molar-refractivity contribution is 7.89. The van der Waals surface area contributed by atoms with Gasteiger partial charge in [0.2, 0.25) is 10.0 Å². The zero-order valence-electron chi connectivity index (χ0n) is 14.8. The van der Waals surface area contributed by atoms with E-state index in [1.807, 2.05) is 16.8 Å². The van der Waals surface area contributed by atoms with Crippen molar-refractivity contribution < 1.29 is 17.9 Å². The number of benzene rings is 1. The summed E-state index contributed by atoms with van der Waals surface area (Å²) in [4.78, 5) is 17.0. The fourth-order valence-electron chi connectivity index (χ4n) is 2.24. The number of rotatable bonds is 6. The van der Waals surface area contributed by atoms with Gasteiger partial charge in [-0.25, -0.2) is 17.7 Å². The van der Waals surface area contributed by atoms with Crippen LogP contribution >= 0.6 is 22.7 Å². The minimum absolute atomic E-state index is 0.0563. The van der Waals surface area contributed by atoms with Crippen LogP contribution in [0.25, 0.3) is 10.6 Å². The molecule has 1 N–H and O–H groups in total. The van der Waals surface area contributed by atoms with Crippen LogP contribution in [-0.4, -0.2) is 44.8 Å². The number of hydrogen-bond donors (Lipinski definition) is 1. The van der Waals surface area contributed by atoms with Gasteiger partial charge in [0.25, 0.3) is 5.91 Å². The van der Waals surface area contributed by atoms with Crippen LogP contribution in [0.4, 0.5) is 5.69 Å². The second kappa shape index (κ2) is 7.77. The lowest BCUT2D eigenvalue weighted by Gasteiger charge is -2.14. The number of sulfonamides is 1. The van der Waals surface area contributed by atoms with Gasteiger partial charge < -0.3 is 10.1 Å². The molecule has 0 aliphatic heterocycles. The van der Waals surface area contributed by atoms with E-state index in [2.05, 4.69) is 10.3 Å². The molecule has 1 amide bonds. The summed E-state index contributed by atoms with van der Waals surface area (Å²) < 4.78 is 31.0. The average Bonchev–Trinajstić information content (AvgIpc) is 3.32. The van der Waals surface area contributed by atoms with E-state index in [9.17, 15) is 13.2 Å². The molecule has 0 fully saturated rings. The molecular formula is C17H17N3O4S3. The molecule has 0 saturated heterocycles. The van der Waals surface area contributed by atoms with E-state index < -0.39 is 15.9 Å². The van der Waals surface area contributed by atoms with Crippen molar-refractivity contribution in [3.05, 3.63) is 46.1 Å². The first-order valence-electron chi connectivity index (χ1n) is 7.73. The zero-order valence-corrected chi connectivity index (χ0v) is 17.2. The first kappa shape index (κ1) is 19.5. The lowest BCUT2D eigenvalue weighted by Crippen LogP contribution is -2.22. The van der Waals surface area contributed by atoms with Gasteiger partial charge in [0.05, 0.1) is 17.7 Å². The Balaban J connectivity index is 1.89. The molecule has 0 radical (unpaired) electrons. The van der Waals surface area contributed by atoms with Crippen LogP contribution in [0.15, 0.2) is 45.3 Å². The molecule has 1 aromatic carbocycles. The van der Waals surface area contributed by atoms with E-state index in [1.165, 1.54) is 50.7 Å². The largest absolute Gasteiger partial charge is 0.495 e. The summed E-state index contributed by atoms with van der Waals surface area (Å²) in [5.41, 5.74) is 1.47. The third-order valence-electron chi connectivity index (χ3n) is 3.70. The molecule has 0 aliphatic carbocycles. The Labute approximate surface area is 165 Å². The number of ether oxygens (including phenoxy) is 1. The quantitative estimate of drug-likeness (QED) is 0.657. The maximum absolute atomic E-state index is 12.6. The molecule has 2 heterocycles. The number of thiazole rings is 1. The van der Waals surface area contributed by atoms with Gasteiger partial charge in [-0.1, -0.05) is 0 Å². The summed E-state index contributed by atoms with van der Waals surface area (Å²) in [5.74, 6) is -0.0835. The number of carbonyl (C=O) groups excluding carboxylic acids is 1. The van der Waals surface area contributed by atoms with Crippen molar-refractivity contribution in [3.63, 3.8) is 0 Å². The van der Waals surface area contributed by atoms with Crippen molar-refractivity contribution in [2.24, 2.45) is 0 Å². The smallest absolute Gasteiger partial charge is 0.275 e. The van der Waals surface area contributed by atoms with Crippen molar-refractivity contribution >= 4 is 44.3 Å². The maximum Gasteiger partial charge on any atom is 0.275 e. The van der Waals surface area contributed by atoms with E-state index in [0.717, 1.165) is 14.9 Å². The van der Waals surface area contributed by atoms with Crippen LogP contribution in [0.1, 0.15) is 10.5 Å². The van der Waals surface area contributed by atoms with E-state index >= 15 is 0 Å². The number of hydrogen-bond acceptors (Lipinski definition) is 7. The third kappa shape index (κ3) is 4.03. The standard InChI is InChI=1S/C17H17N3O4S3/c1-20(2)27(22,23)12-4-5-15(24-3)13(8-12)18-16(21)14-10-26-17(19-14)11-6-7-25-9-11/h4-10H,1-3H3,(H,18,21). The molecule has 0 atom stereocenters. The zero-order chi connectivity index (χ0) is 19.6. The van der Waals surface area contributed by atoms with Crippen molar-refractivity contribution in [1.29, 1.82) is 0 Å². The number of aromatic nitrogens is 1. The van der Waals surface area contributed by atoms with Gasteiger partial charge in [-0.15, -0.1) is 11.3 Å². The molecule has 0 bridgehead atoms. The Morgan fingerprint density at radius 1 is 1.22 bits per heavy atom. The van der Waals surface area contributed by atoms with Gasteiger partial charge in [-0.05, 0) is 29.6 Å². The molecule has 142 valence electrons. The molecule has 3 aromatic rings. The summed E-state index contributed by atoms with van der Waals surface area (Å²) in [6.45, 7) is 0. The summed E-state index contributed by atoms with van der Waals surface area (Å²) in [6.07, 6.45) is 0. The SMILES string of the molecule is COc1ccc(S(=O)(=O)N(C)C)cc1NC(=O)c1csc(-c2ccsc2)n1. The second-order valence-electron chi connectivity index (χ2n) is 5.65. The van der Waals surface area contributed by atoms with Crippen molar-refractivity contribution in [1.82, 2.24) is 9.29 Å². The average molecular weight is 424 g/mol. The lowest BCUT2D eigenvalue weighted by atomic mass is 10.3. The molecule has 0 spiro atoms. The Morgan fingerprint density at radius 2 is 2.00 bits per heavy atom. The van der Waals surface area contributed by atoms with Gasteiger partial charge in [-0.2, -0.15) is 11.3 Å². The van der Waals surface area contributed by atoms with E-state index in [1.54, 1.807) is 16.7 Å². The topological polar surface area (TPSA) is 88.6 Å². The lowest BCUT2D eigenvalue weighted by molar-refractivity contribution is 0.102. The van der Waals surface area contributed by atoms with Crippen LogP contribution in [0.2, 0.25) is 0 Å². The minimum Gasteiger partial charge on any atom is -0.495 e. The predicted octanol–water partition coefficient (Wildman–Crippen LogP) is 3.38. The molecule has 0 aliphatic rings. The number of methoxy groups -OCH3 is 1. The summed E-state index contributed by atoms with van der Waals surface area (Å²) in [7, 11) is 0.698. The molecule has 2 aromatic heterocycles. The van der Waals surface area contributed by atoms with E-state index in [-0.39, 0.29) is 16.3 Å². The number of anilines is 1. The van der Waals surface area contributed by atoms with Crippen LogP contribution in [-0.2, 0) is 10.0 Å². The van der Waals surface area contributed by atoms with Crippen LogP contribution < -0.4 is 10.1 Å². The van der Waals surface area contributed by atoms with E-state index in [0.29, 0.717) is 5.75 Å². The fourth-order valence-corrected chi connectivity index (χ4v) is 4.68. The molecule has 7 nitrogen and oxygen atoms in total. The number of carbonyl (C=O) groups is 1. The van der Waals surface area contributed by atoms with Crippen molar-refractivity contribution in [3.8, 4) is 16.3 Å². The molecule has 27 heavy (non-hydrogen) atoms. The Bertz CT molecular complexity index is 1060. The van der Waals surface area contributed by atoms with Gasteiger partial charge >= 0.3 is 0 Å². The second-order valence-corrected chi connectivity index (χ2v) is 9.44. The van der Waals surface area contributed by atoms with Gasteiger partial charge in [0.1, 0.15) is 16.5 Å². The molecule has 0 unspecified atom stereocenters. The molecule has 3 rings (SSSR count). The van der Waals surface area contributed by atoms with Crippen LogP contribution in [0.5, 0.6) is 5.75 Å². The number of thiophene rings is 1. The first-order chi connectivity index (χ1) is 12.8. The van der Waals surface area contributed by atoms with Crippen molar-refractivity contribution in [2.45, 2.75) is 4.90 Å². The van der Waals surface area contributed by atoms with Gasteiger partial charge in [0.15, 0.2) is 0 Å². The Hall–Kier alpha value is -2.27. The summed E-state index contributed by atoms with van der Waals surface area (Å²) >= 11 is 2.92. The van der Waals surface area contributed by atoms with E-state index in [4.69, 9.17) is 4.74 Å². The monoisotopic (exact) mass is 423 g/mol. The number of nitrogens with zero attached hydrogens (tertiary/aromatic N) is 2. The summed E-state index contributed by atoms with van der Waals surface area (Å²) in [5, 5.41) is 9.00. The fraction of sp³-hybridized carbons (Fsp3) is 0.176. The third-order valence-corrected chi connectivity index (χ3v) is 7.09. The van der Waals surface area contributed by atoms with Gasteiger partial charge in [0, 0.05) is 30.4 Å². The summed E-state index contributed by atoms with van der Waals surface area (Å²) in [6, 6.07) is 6.24. The van der Waals surface area contributed by atoms with Crippen LogP contribution in [0, 0.1) is 0 Å². The number of nitrogens with one attached hydrogen (secondary N) is 1. The molecular weight excluding hydrogens is 406 g/mol. The minimum atomic E-state index is -3.64. The van der Waals surface area contributed by atoms with Crippen LogP contribution in [0.3, 0.4) is 0 Å². The maximum atomic E-state index is 12.6.